The first-order chi connectivity index (χ1) is 6.83. The molecule has 0 aliphatic rings. The molecule has 4 heteroatoms. The normalized spacial score (nSPS) is 10.7. The van der Waals surface area contributed by atoms with E-state index in [2.05, 4.69) is 22.5 Å². The molecule has 0 saturated carbocycles. The van der Waals surface area contributed by atoms with Crippen LogP contribution in [0, 0.1) is 6.92 Å². The van der Waals surface area contributed by atoms with Gasteiger partial charge in [-0.2, -0.15) is 0 Å². The van der Waals surface area contributed by atoms with E-state index in [1.807, 2.05) is 13.2 Å². The number of hydrogen-bond acceptors (Lipinski definition) is 4. The Hall–Kier alpha value is -0.450. The van der Waals surface area contributed by atoms with E-state index in [0.717, 1.165) is 19.6 Å². The van der Waals surface area contributed by atoms with Crippen LogP contribution in [0.1, 0.15) is 22.7 Å². The second kappa shape index (κ2) is 6.92. The van der Waals surface area contributed by atoms with Gasteiger partial charge in [-0.15, -0.1) is 11.3 Å². The molecule has 0 atom stereocenters. The van der Waals surface area contributed by atoms with Crippen LogP contribution in [0.4, 0.5) is 0 Å². The Morgan fingerprint density at radius 2 is 2.14 bits per heavy atom. The largest absolute Gasteiger partial charge is 0.320 e. The maximum atomic E-state index is 4.29. The zero-order valence-electron chi connectivity index (χ0n) is 8.97. The summed E-state index contributed by atoms with van der Waals surface area (Å²) >= 11 is 1.77. The zero-order chi connectivity index (χ0) is 10.2. The number of hydrogen-bond donors (Lipinski definition) is 2. The molecule has 0 radical (unpaired) electrons. The van der Waals surface area contributed by atoms with Crippen molar-refractivity contribution in [3.05, 3.63) is 16.1 Å². The molecule has 1 aromatic heterocycles. The van der Waals surface area contributed by atoms with Crippen molar-refractivity contribution in [3.63, 3.8) is 0 Å². The second-order valence-corrected chi connectivity index (χ2v) is 4.67. The van der Waals surface area contributed by atoms with Crippen LogP contribution in [0.25, 0.3) is 0 Å². The van der Waals surface area contributed by atoms with E-state index in [-0.39, 0.29) is 0 Å². The summed E-state index contributed by atoms with van der Waals surface area (Å²) in [7, 11) is 1.99. The van der Waals surface area contributed by atoms with Gasteiger partial charge in [-0.3, -0.25) is 0 Å². The summed E-state index contributed by atoms with van der Waals surface area (Å²) < 4.78 is 0. The number of nitrogens with zero attached hydrogens (tertiary/aromatic N) is 1. The van der Waals surface area contributed by atoms with Crippen LogP contribution in [-0.4, -0.2) is 25.1 Å². The van der Waals surface area contributed by atoms with Gasteiger partial charge < -0.3 is 10.6 Å². The molecule has 0 unspecified atom stereocenters. The predicted octanol–water partition coefficient (Wildman–Crippen LogP) is 1.54. The topological polar surface area (TPSA) is 37.0 Å². The maximum Gasteiger partial charge on any atom is 0.107 e. The quantitative estimate of drug-likeness (QED) is 0.675. The van der Waals surface area contributed by atoms with Gasteiger partial charge in [0.2, 0.25) is 0 Å². The third kappa shape index (κ3) is 4.69. The number of aromatic nitrogens is 1. The summed E-state index contributed by atoms with van der Waals surface area (Å²) in [5.74, 6) is 0. The number of aryl methyl sites for hydroxylation is 1. The van der Waals surface area contributed by atoms with Gasteiger partial charge >= 0.3 is 0 Å². The number of rotatable bonds is 7. The van der Waals surface area contributed by atoms with E-state index >= 15 is 0 Å². The average Bonchev–Trinajstić information content (AvgIpc) is 2.58. The molecule has 0 saturated heterocycles. The molecular formula is C10H19N3S. The minimum Gasteiger partial charge on any atom is -0.320 e. The molecule has 1 rings (SSSR count). The molecule has 80 valence electrons. The Morgan fingerprint density at radius 1 is 1.36 bits per heavy atom. The minimum absolute atomic E-state index is 0.915. The lowest BCUT2D eigenvalue weighted by Crippen LogP contribution is -2.16. The van der Waals surface area contributed by atoms with Crippen molar-refractivity contribution in [3.8, 4) is 0 Å². The molecule has 14 heavy (non-hydrogen) atoms. The fourth-order valence-corrected chi connectivity index (χ4v) is 1.99. The van der Waals surface area contributed by atoms with Gasteiger partial charge in [0.15, 0.2) is 0 Å². The molecule has 0 spiro atoms. The van der Waals surface area contributed by atoms with E-state index in [4.69, 9.17) is 0 Å². The molecule has 1 aromatic rings. The summed E-state index contributed by atoms with van der Waals surface area (Å²) in [6.07, 6.45) is 4.40. The van der Waals surface area contributed by atoms with Crippen LogP contribution in [0.15, 0.2) is 6.20 Å². The monoisotopic (exact) mass is 213 g/mol. The van der Waals surface area contributed by atoms with Crippen molar-refractivity contribution >= 4 is 11.3 Å². The van der Waals surface area contributed by atoms with Gasteiger partial charge in [0.1, 0.15) is 5.01 Å². The van der Waals surface area contributed by atoms with E-state index in [1.165, 1.54) is 22.7 Å². The molecule has 0 bridgehead atoms. The third-order valence-corrected chi connectivity index (χ3v) is 2.89. The van der Waals surface area contributed by atoms with E-state index in [1.54, 1.807) is 11.3 Å². The summed E-state index contributed by atoms with van der Waals surface area (Å²) in [6.45, 7) is 5.20. The molecule has 0 aliphatic heterocycles. The Kier molecular flexibility index (Phi) is 5.75. The number of thiazole rings is 1. The van der Waals surface area contributed by atoms with Crippen molar-refractivity contribution in [1.29, 1.82) is 0 Å². The first-order valence-corrected chi connectivity index (χ1v) is 5.91. The summed E-state index contributed by atoms with van der Waals surface area (Å²) in [5, 5.41) is 7.73. The minimum atomic E-state index is 0.915. The highest BCUT2D eigenvalue weighted by Crippen LogP contribution is 2.10. The molecule has 2 N–H and O–H groups in total. The predicted molar refractivity (Wildman–Crippen MR) is 61.7 cm³/mol. The van der Waals surface area contributed by atoms with Crippen molar-refractivity contribution in [2.75, 3.05) is 20.1 Å². The van der Waals surface area contributed by atoms with Crippen molar-refractivity contribution in [2.24, 2.45) is 0 Å². The summed E-state index contributed by atoms with van der Waals surface area (Å²) in [5.41, 5.74) is 0. The highest BCUT2D eigenvalue weighted by molar-refractivity contribution is 7.11. The fourth-order valence-electron chi connectivity index (χ4n) is 1.23. The molecule has 3 nitrogen and oxygen atoms in total. The lowest BCUT2D eigenvalue weighted by Gasteiger charge is -2.01. The van der Waals surface area contributed by atoms with Gasteiger partial charge in [-0.05, 0) is 39.9 Å². The van der Waals surface area contributed by atoms with E-state index < -0.39 is 0 Å². The highest BCUT2D eigenvalue weighted by Gasteiger charge is 1.96. The molecule has 0 aromatic carbocycles. The van der Waals surface area contributed by atoms with Crippen LogP contribution >= 0.6 is 11.3 Å². The van der Waals surface area contributed by atoms with Gasteiger partial charge in [0.05, 0.1) is 0 Å². The summed E-state index contributed by atoms with van der Waals surface area (Å²) in [6, 6.07) is 0. The van der Waals surface area contributed by atoms with E-state index in [0.29, 0.717) is 0 Å². The number of nitrogens with one attached hydrogen (secondary N) is 2. The van der Waals surface area contributed by atoms with Gasteiger partial charge in [0, 0.05) is 17.6 Å². The maximum absolute atomic E-state index is 4.29. The van der Waals surface area contributed by atoms with Gasteiger partial charge in [0.25, 0.3) is 0 Å². The molecular weight excluding hydrogens is 194 g/mol. The standard InChI is InChI=1S/C10H19N3S/c1-9-7-13-10(14-9)8-12-6-4-3-5-11-2/h7,11-12H,3-6,8H2,1-2H3. The molecule has 0 amide bonds. The average molecular weight is 213 g/mol. The first kappa shape index (κ1) is 11.6. The lowest BCUT2D eigenvalue weighted by atomic mass is 10.3. The van der Waals surface area contributed by atoms with Gasteiger partial charge in [-0.25, -0.2) is 4.98 Å². The third-order valence-electron chi connectivity index (χ3n) is 1.98. The molecule has 0 fully saturated rings. The van der Waals surface area contributed by atoms with Crippen molar-refractivity contribution < 1.29 is 0 Å². The Balaban J connectivity index is 1.99. The van der Waals surface area contributed by atoms with Gasteiger partial charge in [-0.1, -0.05) is 0 Å². The zero-order valence-corrected chi connectivity index (χ0v) is 9.78. The van der Waals surface area contributed by atoms with Crippen LogP contribution in [0.5, 0.6) is 0 Å². The Labute approximate surface area is 89.9 Å². The molecule has 0 aliphatic carbocycles. The fraction of sp³-hybridized carbons (Fsp3) is 0.700. The number of unbranched alkanes of at least 4 members (excludes halogenated alkanes) is 1. The Bertz CT molecular complexity index is 247. The van der Waals surface area contributed by atoms with Crippen molar-refractivity contribution in [2.45, 2.75) is 26.3 Å². The SMILES string of the molecule is CNCCCCNCc1ncc(C)s1. The Morgan fingerprint density at radius 3 is 2.79 bits per heavy atom. The van der Waals surface area contributed by atoms with Crippen LogP contribution < -0.4 is 10.6 Å². The molecule has 1 heterocycles. The lowest BCUT2D eigenvalue weighted by molar-refractivity contribution is 0.604. The van der Waals surface area contributed by atoms with Crippen LogP contribution in [-0.2, 0) is 6.54 Å². The first-order valence-electron chi connectivity index (χ1n) is 5.09. The van der Waals surface area contributed by atoms with E-state index in [9.17, 15) is 0 Å². The summed E-state index contributed by atoms with van der Waals surface area (Å²) in [4.78, 5) is 5.58. The van der Waals surface area contributed by atoms with Crippen LogP contribution in [0.2, 0.25) is 0 Å². The van der Waals surface area contributed by atoms with Crippen LogP contribution in [0.3, 0.4) is 0 Å². The second-order valence-electron chi connectivity index (χ2n) is 3.35. The van der Waals surface area contributed by atoms with Crippen molar-refractivity contribution in [1.82, 2.24) is 15.6 Å². The highest BCUT2D eigenvalue weighted by atomic mass is 32.1. The smallest absolute Gasteiger partial charge is 0.107 e.